The molecule has 0 fully saturated rings. The van der Waals surface area contributed by atoms with Crippen molar-refractivity contribution in [3.8, 4) is 5.75 Å². The summed E-state index contributed by atoms with van der Waals surface area (Å²) in [6.45, 7) is 3.89. The third-order valence-electron chi connectivity index (χ3n) is 2.81. The third kappa shape index (κ3) is 7.04. The zero-order valence-electron chi connectivity index (χ0n) is 12.3. The average Bonchev–Trinajstić information content (AvgIpc) is 2.42. The van der Waals surface area contributed by atoms with E-state index in [1.165, 1.54) is 6.92 Å². The van der Waals surface area contributed by atoms with Gasteiger partial charge in [-0.05, 0) is 30.7 Å². The molecule has 116 valence electrons. The first-order valence-electron chi connectivity index (χ1n) is 6.76. The van der Waals surface area contributed by atoms with Crippen LogP contribution in [0.2, 0.25) is 0 Å². The second-order valence-electron chi connectivity index (χ2n) is 4.61. The van der Waals surface area contributed by atoms with Gasteiger partial charge in [-0.1, -0.05) is 18.2 Å². The molecule has 1 unspecified atom stereocenters. The zero-order chi connectivity index (χ0) is 15.7. The summed E-state index contributed by atoms with van der Waals surface area (Å²) in [7, 11) is 0. The lowest BCUT2D eigenvalue weighted by molar-refractivity contribution is -0.141. The molecule has 0 spiro atoms. The number of benzene rings is 1. The average molecular weight is 311 g/mol. The minimum atomic E-state index is -0.998. The highest BCUT2D eigenvalue weighted by atomic mass is 32.2. The molecule has 21 heavy (non-hydrogen) atoms. The van der Waals surface area contributed by atoms with Gasteiger partial charge in [0.05, 0.1) is 6.61 Å². The number of carboxylic acids is 1. The monoisotopic (exact) mass is 311 g/mol. The summed E-state index contributed by atoms with van der Waals surface area (Å²) >= 11 is 1.61. The Hall–Kier alpha value is -1.69. The number of amides is 1. The molecule has 1 aromatic carbocycles. The van der Waals surface area contributed by atoms with E-state index in [4.69, 9.17) is 9.84 Å². The summed E-state index contributed by atoms with van der Waals surface area (Å²) in [5, 5.41) is 11.4. The standard InChI is InChI=1S/C15H21NO4S/c1-11-5-3-4-6-14(11)20-8-10-21-9-7-13(15(18)19)16-12(2)17/h3-6,13H,7-10H2,1-2H3,(H,16,17)(H,18,19). The SMILES string of the molecule is CC(=O)NC(CCSCCOc1ccccc1C)C(=O)O. The summed E-state index contributed by atoms with van der Waals surface area (Å²) in [5.74, 6) is 0.992. The van der Waals surface area contributed by atoms with Crippen molar-refractivity contribution >= 4 is 23.6 Å². The molecule has 0 aromatic heterocycles. The van der Waals surface area contributed by atoms with Gasteiger partial charge < -0.3 is 15.2 Å². The number of aliphatic carboxylic acids is 1. The van der Waals surface area contributed by atoms with Gasteiger partial charge in [-0.2, -0.15) is 11.8 Å². The van der Waals surface area contributed by atoms with E-state index in [9.17, 15) is 9.59 Å². The van der Waals surface area contributed by atoms with Crippen LogP contribution < -0.4 is 10.1 Å². The van der Waals surface area contributed by atoms with Gasteiger partial charge >= 0.3 is 5.97 Å². The van der Waals surface area contributed by atoms with Crippen LogP contribution in [-0.4, -0.2) is 41.1 Å². The van der Waals surface area contributed by atoms with Crippen molar-refractivity contribution in [1.82, 2.24) is 5.32 Å². The number of aryl methyl sites for hydroxylation is 1. The van der Waals surface area contributed by atoms with Crippen LogP contribution in [0.5, 0.6) is 5.75 Å². The number of hydrogen-bond donors (Lipinski definition) is 2. The molecule has 0 bridgehead atoms. The molecule has 2 N–H and O–H groups in total. The maximum Gasteiger partial charge on any atom is 0.326 e. The maximum atomic E-state index is 10.9. The summed E-state index contributed by atoms with van der Waals surface area (Å²) < 4.78 is 5.65. The van der Waals surface area contributed by atoms with Crippen LogP contribution in [0.3, 0.4) is 0 Å². The van der Waals surface area contributed by atoms with Crippen LogP contribution in [0.1, 0.15) is 18.9 Å². The van der Waals surface area contributed by atoms with Gasteiger partial charge in [0.15, 0.2) is 0 Å². The topological polar surface area (TPSA) is 75.6 Å². The normalized spacial score (nSPS) is 11.7. The van der Waals surface area contributed by atoms with Crippen LogP contribution >= 0.6 is 11.8 Å². The molecular weight excluding hydrogens is 290 g/mol. The van der Waals surface area contributed by atoms with Gasteiger partial charge in [-0.3, -0.25) is 4.79 Å². The van der Waals surface area contributed by atoms with Crippen LogP contribution in [0.4, 0.5) is 0 Å². The summed E-state index contributed by atoms with van der Waals surface area (Å²) in [6.07, 6.45) is 0.407. The number of rotatable bonds is 9. The Bertz CT molecular complexity index is 478. The second kappa shape index (κ2) is 9.28. The van der Waals surface area contributed by atoms with Crippen molar-refractivity contribution in [2.24, 2.45) is 0 Å². The quantitative estimate of drug-likeness (QED) is 0.683. The van der Waals surface area contributed by atoms with Crippen molar-refractivity contribution in [2.75, 3.05) is 18.1 Å². The Labute approximate surface area is 129 Å². The fourth-order valence-electron chi connectivity index (χ4n) is 1.73. The van der Waals surface area contributed by atoms with Gasteiger partial charge in [0.2, 0.25) is 5.91 Å². The molecule has 0 aliphatic carbocycles. The molecule has 1 atom stereocenters. The molecule has 6 heteroatoms. The van der Waals surface area contributed by atoms with E-state index in [0.717, 1.165) is 17.1 Å². The molecule has 0 saturated carbocycles. The minimum Gasteiger partial charge on any atom is -0.492 e. The molecule has 0 saturated heterocycles. The number of carboxylic acid groups (broad SMARTS) is 1. The first kappa shape index (κ1) is 17.4. The first-order valence-corrected chi connectivity index (χ1v) is 7.92. The largest absolute Gasteiger partial charge is 0.492 e. The highest BCUT2D eigenvalue weighted by molar-refractivity contribution is 7.99. The molecule has 5 nitrogen and oxygen atoms in total. The van der Waals surface area contributed by atoms with Crippen molar-refractivity contribution in [3.63, 3.8) is 0 Å². The maximum absolute atomic E-state index is 10.9. The number of para-hydroxylation sites is 1. The van der Waals surface area contributed by atoms with E-state index < -0.39 is 12.0 Å². The van der Waals surface area contributed by atoms with E-state index in [0.29, 0.717) is 18.8 Å². The van der Waals surface area contributed by atoms with Crippen molar-refractivity contribution in [2.45, 2.75) is 26.3 Å². The van der Waals surface area contributed by atoms with Crippen LogP contribution in [0.15, 0.2) is 24.3 Å². The van der Waals surface area contributed by atoms with Crippen molar-refractivity contribution < 1.29 is 19.4 Å². The first-order chi connectivity index (χ1) is 10.0. The fourth-order valence-corrected chi connectivity index (χ4v) is 2.54. The number of carbonyl (C=O) groups excluding carboxylic acids is 1. The lowest BCUT2D eigenvalue weighted by Gasteiger charge is -2.13. The van der Waals surface area contributed by atoms with Crippen molar-refractivity contribution in [1.29, 1.82) is 0 Å². The Morgan fingerprint density at radius 3 is 2.67 bits per heavy atom. The van der Waals surface area contributed by atoms with Gasteiger partial charge in [0.25, 0.3) is 0 Å². The number of ether oxygens (including phenoxy) is 1. The second-order valence-corrected chi connectivity index (χ2v) is 5.83. The lowest BCUT2D eigenvalue weighted by Crippen LogP contribution is -2.39. The smallest absolute Gasteiger partial charge is 0.326 e. The number of hydrogen-bond acceptors (Lipinski definition) is 4. The van der Waals surface area contributed by atoms with E-state index in [2.05, 4.69) is 5.32 Å². The van der Waals surface area contributed by atoms with Gasteiger partial charge in [0.1, 0.15) is 11.8 Å². The molecule has 0 aliphatic heterocycles. The Morgan fingerprint density at radius 1 is 1.33 bits per heavy atom. The van der Waals surface area contributed by atoms with E-state index in [-0.39, 0.29) is 5.91 Å². The third-order valence-corrected chi connectivity index (χ3v) is 3.79. The molecule has 0 aliphatic rings. The van der Waals surface area contributed by atoms with E-state index in [1.807, 2.05) is 31.2 Å². The molecular formula is C15H21NO4S. The minimum absolute atomic E-state index is 0.324. The molecule has 0 heterocycles. The van der Waals surface area contributed by atoms with Gasteiger partial charge in [-0.15, -0.1) is 0 Å². The van der Waals surface area contributed by atoms with Crippen LogP contribution in [0, 0.1) is 6.92 Å². The summed E-state index contributed by atoms with van der Waals surface area (Å²) in [5.41, 5.74) is 1.10. The fraction of sp³-hybridized carbons (Fsp3) is 0.467. The Morgan fingerprint density at radius 2 is 2.05 bits per heavy atom. The predicted octanol–water partition coefficient (Wildman–Crippen LogP) is 2.09. The van der Waals surface area contributed by atoms with Gasteiger partial charge in [-0.25, -0.2) is 4.79 Å². The summed E-state index contributed by atoms with van der Waals surface area (Å²) in [6, 6.07) is 7.00. The molecule has 0 radical (unpaired) electrons. The summed E-state index contributed by atoms with van der Waals surface area (Å²) in [4.78, 5) is 21.8. The van der Waals surface area contributed by atoms with E-state index >= 15 is 0 Å². The number of nitrogens with one attached hydrogen (secondary N) is 1. The Balaban J connectivity index is 2.18. The van der Waals surface area contributed by atoms with Crippen molar-refractivity contribution in [3.05, 3.63) is 29.8 Å². The highest BCUT2D eigenvalue weighted by Gasteiger charge is 2.17. The number of carbonyl (C=O) groups is 2. The zero-order valence-corrected chi connectivity index (χ0v) is 13.1. The van der Waals surface area contributed by atoms with Crippen LogP contribution in [-0.2, 0) is 9.59 Å². The van der Waals surface area contributed by atoms with Crippen LogP contribution in [0.25, 0.3) is 0 Å². The predicted molar refractivity (Wildman–Crippen MR) is 83.9 cm³/mol. The molecule has 1 amide bonds. The molecule has 1 rings (SSSR count). The lowest BCUT2D eigenvalue weighted by atomic mass is 10.2. The number of thioether (sulfide) groups is 1. The molecule has 1 aromatic rings. The van der Waals surface area contributed by atoms with E-state index in [1.54, 1.807) is 11.8 Å². The highest BCUT2D eigenvalue weighted by Crippen LogP contribution is 2.16. The Kier molecular flexibility index (Phi) is 7.68. The van der Waals surface area contributed by atoms with Gasteiger partial charge in [0, 0.05) is 12.7 Å².